The van der Waals surface area contributed by atoms with E-state index >= 15 is 0 Å². The first-order valence-electron chi connectivity index (χ1n) is 12.2. The normalized spacial score (nSPS) is 26.0. The lowest BCUT2D eigenvalue weighted by molar-refractivity contribution is -0.133. The first-order valence-corrected chi connectivity index (χ1v) is 12.2. The van der Waals surface area contributed by atoms with Gasteiger partial charge in [0.1, 0.15) is 0 Å². The summed E-state index contributed by atoms with van der Waals surface area (Å²) >= 11 is 0. The van der Waals surface area contributed by atoms with Crippen molar-refractivity contribution in [1.82, 2.24) is 15.1 Å². The van der Waals surface area contributed by atoms with Crippen molar-refractivity contribution in [3.05, 3.63) is 108 Å². The number of hydrogen-bond acceptors (Lipinski definition) is 3. The van der Waals surface area contributed by atoms with Crippen molar-refractivity contribution in [2.75, 3.05) is 0 Å². The zero-order valence-electron chi connectivity index (χ0n) is 19.1. The number of benzene rings is 3. The molecule has 34 heavy (non-hydrogen) atoms. The minimum atomic E-state index is -1.18. The molecule has 2 bridgehead atoms. The minimum absolute atomic E-state index is 0.0775. The van der Waals surface area contributed by atoms with Gasteiger partial charge in [-0.05, 0) is 42.4 Å². The Morgan fingerprint density at radius 1 is 0.706 bits per heavy atom. The molecule has 5 heteroatoms. The summed E-state index contributed by atoms with van der Waals surface area (Å²) in [6, 6.07) is 30.3. The summed E-state index contributed by atoms with van der Waals surface area (Å²) in [5.74, 6) is -0.157. The molecule has 1 N–H and O–H groups in total. The Hall–Kier alpha value is -3.44. The molecule has 5 nitrogen and oxygen atoms in total. The molecule has 3 aromatic rings. The molecule has 3 heterocycles. The number of hydrogen-bond donors (Lipinski definition) is 1. The maximum absolute atomic E-state index is 14.2. The van der Waals surface area contributed by atoms with Gasteiger partial charge >= 0.3 is 6.03 Å². The number of rotatable bonds is 5. The molecule has 3 aliphatic rings. The molecule has 1 unspecified atom stereocenters. The number of fused-ring (bicyclic) bond motifs is 2. The Labute approximate surface area is 200 Å². The van der Waals surface area contributed by atoms with Gasteiger partial charge in [-0.1, -0.05) is 91.0 Å². The Morgan fingerprint density at radius 3 is 1.74 bits per heavy atom. The second kappa shape index (κ2) is 8.41. The molecular formula is C29H29N3O2. The van der Waals surface area contributed by atoms with Crippen LogP contribution in [0.2, 0.25) is 0 Å². The van der Waals surface area contributed by atoms with Gasteiger partial charge in [-0.2, -0.15) is 0 Å². The number of nitrogens with zero attached hydrogens (tertiary/aromatic N) is 2. The van der Waals surface area contributed by atoms with Gasteiger partial charge in [0.05, 0.1) is 0 Å². The third kappa shape index (κ3) is 3.34. The summed E-state index contributed by atoms with van der Waals surface area (Å²) in [6.07, 6.45) is 3.92. The van der Waals surface area contributed by atoms with Gasteiger partial charge in [0.25, 0.3) is 5.91 Å². The summed E-state index contributed by atoms with van der Waals surface area (Å²) in [7, 11) is 0. The number of carbonyl (C=O) groups is 2. The fourth-order valence-corrected chi connectivity index (χ4v) is 6.32. The van der Waals surface area contributed by atoms with Crippen molar-refractivity contribution in [3.63, 3.8) is 0 Å². The van der Waals surface area contributed by atoms with Crippen LogP contribution in [-0.2, 0) is 16.9 Å². The van der Waals surface area contributed by atoms with E-state index < -0.39 is 5.54 Å². The lowest BCUT2D eigenvalue weighted by atomic mass is 9.82. The van der Waals surface area contributed by atoms with Crippen molar-refractivity contribution in [2.24, 2.45) is 0 Å². The van der Waals surface area contributed by atoms with Gasteiger partial charge in [-0.25, -0.2) is 4.79 Å². The highest BCUT2D eigenvalue weighted by Crippen LogP contribution is 2.43. The highest BCUT2D eigenvalue weighted by molar-refractivity contribution is 6.09. The van der Waals surface area contributed by atoms with Crippen LogP contribution >= 0.6 is 0 Å². The average molecular weight is 452 g/mol. The summed E-state index contributed by atoms with van der Waals surface area (Å²) in [4.78, 5) is 31.7. The predicted molar refractivity (Wildman–Crippen MR) is 131 cm³/mol. The molecular weight excluding hydrogens is 422 g/mol. The van der Waals surface area contributed by atoms with Crippen LogP contribution < -0.4 is 5.32 Å². The fraction of sp³-hybridized carbons (Fsp3) is 0.310. The van der Waals surface area contributed by atoms with Gasteiger partial charge in [-0.15, -0.1) is 0 Å². The Kier molecular flexibility index (Phi) is 5.22. The van der Waals surface area contributed by atoms with E-state index in [1.54, 1.807) is 4.90 Å². The average Bonchev–Trinajstić information content (AvgIpc) is 3.27. The Balaban J connectivity index is 1.30. The van der Waals surface area contributed by atoms with Gasteiger partial charge < -0.3 is 5.32 Å². The van der Waals surface area contributed by atoms with Crippen LogP contribution in [0.5, 0.6) is 0 Å². The number of urea groups is 1. The number of nitrogens with one attached hydrogen (secondary N) is 1. The third-order valence-electron chi connectivity index (χ3n) is 7.90. The molecule has 0 saturated carbocycles. The molecule has 3 aliphatic heterocycles. The summed E-state index contributed by atoms with van der Waals surface area (Å²) in [5, 5.41) is 3.12. The maximum atomic E-state index is 14.2. The summed E-state index contributed by atoms with van der Waals surface area (Å²) in [5.41, 5.74) is 1.73. The van der Waals surface area contributed by atoms with Crippen LogP contribution in [0.3, 0.4) is 0 Å². The summed E-state index contributed by atoms with van der Waals surface area (Å²) < 4.78 is 0. The standard InChI is InChI=1S/C29H29N3O2/c33-27-29(22-12-6-2-7-13-22,23-14-8-3-9-15-23)30-28(34)32(27)26-18-24-16-17-25(19-26)31(24)20-21-10-4-1-5-11-21/h1-15,24-26H,16-20H2,(H,30,34)/t24-,25+,26?. The molecule has 3 amide bonds. The molecule has 0 aliphatic carbocycles. The molecule has 0 aromatic heterocycles. The van der Waals surface area contributed by atoms with Crippen molar-refractivity contribution >= 4 is 11.9 Å². The smallest absolute Gasteiger partial charge is 0.315 e. The highest BCUT2D eigenvalue weighted by atomic mass is 16.2. The SMILES string of the molecule is O=C1NC(c2ccccc2)(c2ccccc2)C(=O)N1C1C[C@H]2CC[C@@H](C1)N2Cc1ccccc1. The van der Waals surface area contributed by atoms with Crippen LogP contribution in [0.1, 0.15) is 42.4 Å². The quantitative estimate of drug-likeness (QED) is 0.573. The van der Waals surface area contributed by atoms with Crippen LogP contribution in [0, 0.1) is 0 Å². The van der Waals surface area contributed by atoms with E-state index in [-0.39, 0.29) is 18.0 Å². The lowest BCUT2D eigenvalue weighted by Gasteiger charge is -2.41. The molecule has 3 fully saturated rings. The second-order valence-electron chi connectivity index (χ2n) is 9.76. The largest absolute Gasteiger partial charge is 0.325 e. The molecule has 3 aromatic carbocycles. The van der Waals surface area contributed by atoms with Crippen molar-refractivity contribution in [3.8, 4) is 0 Å². The van der Waals surface area contributed by atoms with E-state index in [1.807, 2.05) is 66.7 Å². The number of amides is 3. The van der Waals surface area contributed by atoms with Gasteiger partial charge in [0.15, 0.2) is 5.54 Å². The van der Waals surface area contributed by atoms with E-state index in [4.69, 9.17) is 0 Å². The first-order chi connectivity index (χ1) is 16.7. The minimum Gasteiger partial charge on any atom is -0.315 e. The number of piperidine rings is 1. The van der Waals surface area contributed by atoms with Crippen molar-refractivity contribution in [1.29, 1.82) is 0 Å². The van der Waals surface area contributed by atoms with E-state index in [2.05, 4.69) is 34.5 Å². The van der Waals surface area contributed by atoms with E-state index in [1.165, 1.54) is 5.56 Å². The van der Waals surface area contributed by atoms with Crippen LogP contribution in [0.4, 0.5) is 4.79 Å². The zero-order chi connectivity index (χ0) is 23.1. The second-order valence-corrected chi connectivity index (χ2v) is 9.76. The monoisotopic (exact) mass is 451 g/mol. The van der Waals surface area contributed by atoms with E-state index in [0.717, 1.165) is 43.4 Å². The van der Waals surface area contributed by atoms with E-state index in [9.17, 15) is 9.59 Å². The predicted octanol–water partition coefficient (Wildman–Crippen LogP) is 4.68. The number of carbonyl (C=O) groups excluding carboxylic acids is 2. The molecule has 0 spiro atoms. The molecule has 6 rings (SSSR count). The van der Waals surface area contributed by atoms with Crippen LogP contribution in [0.25, 0.3) is 0 Å². The van der Waals surface area contributed by atoms with Crippen LogP contribution in [-0.4, -0.2) is 39.9 Å². The topological polar surface area (TPSA) is 52.7 Å². The zero-order valence-corrected chi connectivity index (χ0v) is 19.1. The van der Waals surface area contributed by atoms with Gasteiger partial charge in [-0.3, -0.25) is 14.6 Å². The highest BCUT2D eigenvalue weighted by Gasteiger charge is 2.57. The van der Waals surface area contributed by atoms with Gasteiger partial charge in [0, 0.05) is 24.7 Å². The maximum Gasteiger partial charge on any atom is 0.325 e. The van der Waals surface area contributed by atoms with Crippen molar-refractivity contribution < 1.29 is 9.59 Å². The van der Waals surface area contributed by atoms with E-state index in [0.29, 0.717) is 12.1 Å². The van der Waals surface area contributed by atoms with Crippen LogP contribution in [0.15, 0.2) is 91.0 Å². The first kappa shape index (κ1) is 21.1. The molecule has 3 saturated heterocycles. The Morgan fingerprint density at radius 2 is 1.21 bits per heavy atom. The fourth-order valence-electron chi connectivity index (χ4n) is 6.32. The molecule has 3 atom stereocenters. The molecule has 172 valence electrons. The third-order valence-corrected chi connectivity index (χ3v) is 7.90. The number of imide groups is 1. The Bertz CT molecular complexity index is 1130. The summed E-state index contributed by atoms with van der Waals surface area (Å²) in [6.45, 7) is 0.932. The van der Waals surface area contributed by atoms with Crippen molar-refractivity contribution in [2.45, 2.75) is 55.9 Å². The lowest BCUT2D eigenvalue weighted by Crippen LogP contribution is -2.52. The van der Waals surface area contributed by atoms with Gasteiger partial charge in [0.2, 0.25) is 0 Å². The molecule has 0 radical (unpaired) electrons.